The Morgan fingerprint density at radius 1 is 1.56 bits per heavy atom. The Bertz CT molecular complexity index is 638. The molecule has 0 aliphatic rings. The molecule has 0 fully saturated rings. The maximum Gasteiger partial charge on any atom is 0.103 e. The number of benzene rings is 1. The molecule has 16 heavy (non-hydrogen) atoms. The Morgan fingerprint density at radius 2 is 2.25 bits per heavy atom. The van der Waals surface area contributed by atoms with Crippen LogP contribution in [0.1, 0.15) is 22.3 Å². The van der Waals surface area contributed by atoms with E-state index in [9.17, 15) is 5.11 Å². The number of nitrogens with zero attached hydrogens (tertiary/aromatic N) is 1. The third kappa shape index (κ3) is 1.96. The molecule has 3 nitrogen and oxygen atoms in total. The molecule has 2 aromatic rings. The van der Waals surface area contributed by atoms with Crippen LogP contribution < -0.4 is 5.73 Å². The molecule has 4 heteroatoms. The molecule has 0 atom stereocenters. The number of fused-ring (bicyclic) bond motifs is 1. The minimum Gasteiger partial charge on any atom is -0.397 e. The van der Waals surface area contributed by atoms with Crippen molar-refractivity contribution in [3.8, 4) is 0 Å². The van der Waals surface area contributed by atoms with Crippen molar-refractivity contribution in [2.24, 2.45) is 0 Å². The van der Waals surface area contributed by atoms with Crippen LogP contribution in [0.2, 0.25) is 5.02 Å². The molecule has 0 spiro atoms. The van der Waals surface area contributed by atoms with Gasteiger partial charge in [0.25, 0.3) is 0 Å². The number of anilines is 1. The van der Waals surface area contributed by atoms with E-state index in [4.69, 9.17) is 20.1 Å². The molecule has 0 aliphatic heterocycles. The van der Waals surface area contributed by atoms with Crippen LogP contribution in [0.25, 0.3) is 10.9 Å². The van der Waals surface area contributed by atoms with Crippen LogP contribution in [-0.4, -0.2) is 10.1 Å². The molecular weight excluding hydrogens is 224 g/mol. The fraction of sp³-hybridized carbons (Fsp3) is 0.250. The van der Waals surface area contributed by atoms with Crippen molar-refractivity contribution >= 4 is 28.2 Å². The summed E-state index contributed by atoms with van der Waals surface area (Å²) in [5.41, 5.74) is 5.72. The first-order valence-electron chi connectivity index (χ1n) is 5.80. The highest BCUT2D eigenvalue weighted by Gasteiger charge is 2.21. The predicted molar refractivity (Wildman–Crippen MR) is 66.4 cm³/mol. The lowest BCUT2D eigenvalue weighted by atomic mass is 10.0. The summed E-state index contributed by atoms with van der Waals surface area (Å²) in [5, 5.41) is 10.5. The molecule has 0 aliphatic carbocycles. The molecule has 1 heterocycles. The number of nitrogen functional groups attached to an aromatic ring is 1. The van der Waals surface area contributed by atoms with Crippen molar-refractivity contribution in [2.75, 3.05) is 5.73 Å². The van der Waals surface area contributed by atoms with E-state index in [0.717, 1.165) is 0 Å². The van der Waals surface area contributed by atoms with Gasteiger partial charge in [-0.1, -0.05) is 11.6 Å². The van der Waals surface area contributed by atoms with Gasteiger partial charge in [0.2, 0.25) is 0 Å². The first kappa shape index (κ1) is 8.79. The first-order chi connectivity index (χ1) is 8.21. The zero-order valence-electron chi connectivity index (χ0n) is 11.0. The van der Waals surface area contributed by atoms with Gasteiger partial charge >= 0.3 is 0 Å². The standard InChI is InChI=1S/C12H13ClN2O/c1-12(2,16)11-9(14)6-7-5-8(13)3-4-10(7)15-11/h3-6,16H,14H2,1-2H3/i3D,5D. The lowest BCUT2D eigenvalue weighted by molar-refractivity contribution is 0.0751. The molecule has 1 aromatic heterocycles. The Hall–Kier alpha value is -1.32. The third-order valence-corrected chi connectivity index (χ3v) is 2.44. The van der Waals surface area contributed by atoms with Crippen molar-refractivity contribution in [1.82, 2.24) is 4.98 Å². The van der Waals surface area contributed by atoms with Crippen LogP contribution in [-0.2, 0) is 5.60 Å². The van der Waals surface area contributed by atoms with Crippen molar-refractivity contribution in [2.45, 2.75) is 19.4 Å². The number of pyridine rings is 1. The summed E-state index contributed by atoms with van der Waals surface area (Å²) < 4.78 is 15.5. The molecule has 3 N–H and O–H groups in total. The molecule has 0 amide bonds. The van der Waals surface area contributed by atoms with E-state index in [1.54, 1.807) is 19.9 Å². The summed E-state index contributed by atoms with van der Waals surface area (Å²) in [6.45, 7) is 3.16. The Kier molecular flexibility index (Phi) is 1.98. The number of rotatable bonds is 1. The van der Waals surface area contributed by atoms with Crippen LogP contribution in [0.5, 0.6) is 0 Å². The van der Waals surface area contributed by atoms with E-state index in [2.05, 4.69) is 4.98 Å². The highest BCUT2D eigenvalue weighted by molar-refractivity contribution is 6.31. The quantitative estimate of drug-likeness (QED) is 0.803. The minimum atomic E-state index is -1.18. The predicted octanol–water partition coefficient (Wildman–Crippen LogP) is 2.70. The van der Waals surface area contributed by atoms with E-state index < -0.39 is 5.60 Å². The average Bonchev–Trinajstić information content (AvgIpc) is 2.25. The second kappa shape index (κ2) is 3.61. The highest BCUT2D eigenvalue weighted by atomic mass is 35.5. The van der Waals surface area contributed by atoms with Crippen LogP contribution >= 0.6 is 11.6 Å². The highest BCUT2D eigenvalue weighted by Crippen LogP contribution is 2.28. The zero-order valence-corrected chi connectivity index (χ0v) is 9.76. The van der Waals surface area contributed by atoms with Gasteiger partial charge in [-0.25, -0.2) is 4.98 Å². The van der Waals surface area contributed by atoms with Gasteiger partial charge in [-0.15, -0.1) is 0 Å². The van der Waals surface area contributed by atoms with Crippen LogP contribution in [0.3, 0.4) is 0 Å². The lowest BCUT2D eigenvalue weighted by Gasteiger charge is -2.19. The normalized spacial score (nSPS) is 13.8. The topological polar surface area (TPSA) is 59.1 Å². The summed E-state index contributed by atoms with van der Waals surface area (Å²) in [5.74, 6) is 0. The van der Waals surface area contributed by atoms with Gasteiger partial charge in [0.1, 0.15) is 5.60 Å². The van der Waals surface area contributed by atoms with Crippen molar-refractivity contribution < 1.29 is 7.85 Å². The van der Waals surface area contributed by atoms with Crippen LogP contribution in [0, 0.1) is 0 Å². The molecule has 1 aromatic carbocycles. The number of halogens is 1. The zero-order chi connectivity index (χ0) is 13.7. The monoisotopic (exact) mass is 238 g/mol. The summed E-state index contributed by atoms with van der Waals surface area (Å²) in [7, 11) is 0. The van der Waals surface area contributed by atoms with Gasteiger partial charge < -0.3 is 10.8 Å². The molecule has 0 bridgehead atoms. The van der Waals surface area contributed by atoms with Crippen molar-refractivity contribution in [3.63, 3.8) is 0 Å². The molecule has 84 valence electrons. The largest absolute Gasteiger partial charge is 0.397 e. The smallest absolute Gasteiger partial charge is 0.103 e. The summed E-state index contributed by atoms with van der Waals surface area (Å²) in [6, 6.07) is 3.09. The van der Waals surface area contributed by atoms with Gasteiger partial charge in [0.15, 0.2) is 0 Å². The fourth-order valence-electron chi connectivity index (χ4n) is 1.53. The van der Waals surface area contributed by atoms with E-state index >= 15 is 0 Å². The van der Waals surface area contributed by atoms with E-state index in [0.29, 0.717) is 22.3 Å². The number of aromatic nitrogens is 1. The minimum absolute atomic E-state index is 0.0284. The van der Waals surface area contributed by atoms with E-state index in [1.165, 1.54) is 6.07 Å². The molecule has 0 radical (unpaired) electrons. The van der Waals surface area contributed by atoms with Crippen LogP contribution in [0.4, 0.5) is 5.69 Å². The average molecular weight is 239 g/mol. The molecule has 0 unspecified atom stereocenters. The summed E-state index contributed by atoms with van der Waals surface area (Å²) in [4.78, 5) is 4.24. The number of nitrogens with two attached hydrogens (primary N) is 1. The Balaban J connectivity index is 2.85. The van der Waals surface area contributed by atoms with Gasteiger partial charge in [0.05, 0.1) is 19.6 Å². The number of aliphatic hydroxyl groups is 1. The lowest BCUT2D eigenvalue weighted by Crippen LogP contribution is -2.19. The SMILES string of the molecule is [2H]c1cc2nc(C(C)(C)O)c(N)cc2c([2H])c1Cl. The van der Waals surface area contributed by atoms with Gasteiger partial charge in [-0.3, -0.25) is 0 Å². The Morgan fingerprint density at radius 3 is 2.88 bits per heavy atom. The maximum absolute atomic E-state index is 9.96. The molecule has 2 rings (SSSR count). The molecular formula is C12H13ClN2O. The van der Waals surface area contributed by atoms with Crippen molar-refractivity contribution in [3.05, 3.63) is 34.9 Å². The van der Waals surface area contributed by atoms with Gasteiger partial charge in [-0.2, -0.15) is 0 Å². The van der Waals surface area contributed by atoms with Crippen LogP contribution in [0.15, 0.2) is 24.2 Å². The van der Waals surface area contributed by atoms with Gasteiger partial charge in [0, 0.05) is 10.4 Å². The second-order valence-corrected chi connectivity index (χ2v) is 4.52. The van der Waals surface area contributed by atoms with Gasteiger partial charge in [-0.05, 0) is 38.1 Å². The number of hydrogen-bond donors (Lipinski definition) is 2. The first-order valence-corrected chi connectivity index (χ1v) is 5.18. The van der Waals surface area contributed by atoms with Crippen molar-refractivity contribution in [1.29, 1.82) is 0 Å². The molecule has 0 saturated carbocycles. The van der Waals surface area contributed by atoms with E-state index in [-0.39, 0.29) is 17.1 Å². The summed E-state index contributed by atoms with van der Waals surface area (Å²) in [6.07, 6.45) is 0. The maximum atomic E-state index is 9.96. The summed E-state index contributed by atoms with van der Waals surface area (Å²) >= 11 is 5.85. The second-order valence-electron chi connectivity index (χ2n) is 4.15. The fourth-order valence-corrected chi connectivity index (χ4v) is 1.69. The Labute approximate surface area is 102 Å². The third-order valence-electron chi connectivity index (χ3n) is 2.24. The molecule has 0 saturated heterocycles. The van der Waals surface area contributed by atoms with E-state index in [1.807, 2.05) is 0 Å². The number of hydrogen-bond acceptors (Lipinski definition) is 3.